The van der Waals surface area contributed by atoms with Crippen molar-refractivity contribution < 1.29 is 9.52 Å². The van der Waals surface area contributed by atoms with Gasteiger partial charge in [0.1, 0.15) is 6.26 Å². The Hall–Kier alpha value is -2.34. The van der Waals surface area contributed by atoms with Gasteiger partial charge in [-0.1, -0.05) is 31.0 Å². The number of rotatable bonds is 11. The average molecular weight is 387 g/mol. The summed E-state index contributed by atoms with van der Waals surface area (Å²) < 4.78 is 5.62. The molecule has 0 aliphatic rings. The Labute approximate surface area is 168 Å². The maximum Gasteiger partial charge on any atom is 0.226 e. The molecule has 0 amide bonds. The van der Waals surface area contributed by atoms with Crippen molar-refractivity contribution in [2.45, 2.75) is 46.5 Å². The molecule has 6 nitrogen and oxygen atoms in total. The van der Waals surface area contributed by atoms with Crippen LogP contribution in [0.15, 0.2) is 39.9 Å². The predicted octanol–water partition coefficient (Wildman–Crippen LogP) is 3.55. The number of aliphatic hydroxyl groups excluding tert-OH is 1. The van der Waals surface area contributed by atoms with Crippen molar-refractivity contribution in [1.29, 1.82) is 0 Å². The number of hydrogen-bond acceptors (Lipinski definition) is 4. The molecule has 0 saturated carbocycles. The van der Waals surface area contributed by atoms with Crippen LogP contribution in [0.2, 0.25) is 0 Å². The Balaban J connectivity index is 1.86. The van der Waals surface area contributed by atoms with Crippen LogP contribution in [0.5, 0.6) is 0 Å². The number of nitrogens with one attached hydrogen (secondary N) is 2. The first-order valence-corrected chi connectivity index (χ1v) is 10.3. The summed E-state index contributed by atoms with van der Waals surface area (Å²) in [6.45, 7) is 8.77. The molecule has 3 N–H and O–H groups in total. The molecule has 1 unspecified atom stereocenters. The monoisotopic (exact) mass is 386 g/mol. The van der Waals surface area contributed by atoms with Gasteiger partial charge in [0.05, 0.1) is 5.69 Å². The van der Waals surface area contributed by atoms with Crippen molar-refractivity contribution in [2.24, 2.45) is 10.9 Å². The number of nitrogens with zero attached hydrogens (tertiary/aromatic N) is 2. The summed E-state index contributed by atoms with van der Waals surface area (Å²) >= 11 is 0. The summed E-state index contributed by atoms with van der Waals surface area (Å²) in [5.74, 6) is 1.89. The normalized spacial score (nSPS) is 12.8. The van der Waals surface area contributed by atoms with Gasteiger partial charge in [0.15, 0.2) is 5.96 Å². The lowest BCUT2D eigenvalue weighted by Gasteiger charge is -2.15. The maximum absolute atomic E-state index is 9.20. The number of benzene rings is 1. The Morgan fingerprint density at radius 2 is 1.96 bits per heavy atom. The number of hydrogen-bond donors (Lipinski definition) is 3. The summed E-state index contributed by atoms with van der Waals surface area (Å²) in [7, 11) is 0. The Morgan fingerprint density at radius 3 is 2.64 bits per heavy atom. The molecule has 1 atom stereocenters. The number of aliphatic imine (C=N–C) groups is 1. The minimum absolute atomic E-state index is 0.222. The van der Waals surface area contributed by atoms with E-state index in [1.54, 1.807) is 6.26 Å². The standard InChI is InChI=1S/C22H34N4O2/c1-4-6-18(12-14-27)15-25-22(23-5-2)24-13-11-20-16-28-21(26-20)19-9-7-17(3)8-10-19/h7-10,16,18,27H,4-6,11-15H2,1-3H3,(H2,23,24,25). The van der Waals surface area contributed by atoms with E-state index in [-0.39, 0.29) is 6.61 Å². The topological polar surface area (TPSA) is 82.7 Å². The van der Waals surface area contributed by atoms with Crippen LogP contribution in [0.1, 0.15) is 44.4 Å². The van der Waals surface area contributed by atoms with E-state index < -0.39 is 0 Å². The second-order valence-electron chi connectivity index (χ2n) is 7.07. The zero-order valence-corrected chi connectivity index (χ0v) is 17.4. The first-order chi connectivity index (χ1) is 13.7. The van der Waals surface area contributed by atoms with Gasteiger partial charge in [-0.2, -0.15) is 0 Å². The van der Waals surface area contributed by atoms with Crippen LogP contribution in [0.4, 0.5) is 0 Å². The fourth-order valence-electron chi connectivity index (χ4n) is 3.04. The lowest BCUT2D eigenvalue weighted by Crippen LogP contribution is -2.38. The van der Waals surface area contributed by atoms with Gasteiger partial charge >= 0.3 is 0 Å². The molecule has 2 aromatic rings. The molecule has 1 heterocycles. The van der Waals surface area contributed by atoms with E-state index in [1.165, 1.54) is 5.56 Å². The molecule has 0 radical (unpaired) electrons. The van der Waals surface area contributed by atoms with Gasteiger partial charge in [-0.3, -0.25) is 4.99 Å². The lowest BCUT2D eigenvalue weighted by molar-refractivity contribution is 0.253. The van der Waals surface area contributed by atoms with Crippen LogP contribution in [-0.2, 0) is 6.42 Å². The van der Waals surface area contributed by atoms with Crippen molar-refractivity contribution in [3.8, 4) is 11.5 Å². The molecule has 0 bridgehead atoms. The fraction of sp³-hybridized carbons (Fsp3) is 0.545. The molecular formula is C22H34N4O2. The van der Waals surface area contributed by atoms with Crippen LogP contribution in [0, 0.1) is 12.8 Å². The molecule has 0 saturated heterocycles. The van der Waals surface area contributed by atoms with E-state index >= 15 is 0 Å². The van der Waals surface area contributed by atoms with Crippen LogP contribution >= 0.6 is 0 Å². The number of aromatic nitrogens is 1. The number of guanidine groups is 1. The quantitative estimate of drug-likeness (QED) is 0.406. The van der Waals surface area contributed by atoms with Crippen molar-refractivity contribution in [3.63, 3.8) is 0 Å². The van der Waals surface area contributed by atoms with Crippen LogP contribution < -0.4 is 10.6 Å². The van der Waals surface area contributed by atoms with Gasteiger partial charge in [-0.05, 0) is 44.7 Å². The van der Waals surface area contributed by atoms with Gasteiger partial charge in [0, 0.05) is 38.2 Å². The fourth-order valence-corrected chi connectivity index (χ4v) is 3.04. The molecule has 0 aliphatic carbocycles. The van der Waals surface area contributed by atoms with Crippen molar-refractivity contribution >= 4 is 5.96 Å². The van der Waals surface area contributed by atoms with Crippen molar-refractivity contribution in [2.75, 3.05) is 26.2 Å². The average Bonchev–Trinajstić information content (AvgIpc) is 3.15. The summed E-state index contributed by atoms with van der Waals surface area (Å²) in [4.78, 5) is 9.26. The largest absolute Gasteiger partial charge is 0.444 e. The van der Waals surface area contributed by atoms with E-state index in [0.717, 1.165) is 62.5 Å². The molecule has 0 fully saturated rings. The van der Waals surface area contributed by atoms with E-state index in [9.17, 15) is 5.11 Å². The minimum atomic E-state index is 0.222. The second-order valence-corrected chi connectivity index (χ2v) is 7.07. The number of aryl methyl sites for hydroxylation is 1. The summed E-state index contributed by atoms with van der Waals surface area (Å²) in [6.07, 6.45) is 5.48. The zero-order valence-electron chi connectivity index (χ0n) is 17.4. The first kappa shape index (κ1) is 22.0. The van der Waals surface area contributed by atoms with Crippen molar-refractivity contribution in [1.82, 2.24) is 15.6 Å². The smallest absolute Gasteiger partial charge is 0.226 e. The third kappa shape index (κ3) is 7.35. The Bertz CT molecular complexity index is 704. The van der Waals surface area contributed by atoms with Gasteiger partial charge in [-0.15, -0.1) is 0 Å². The molecule has 0 aliphatic heterocycles. The van der Waals surface area contributed by atoms with Gasteiger partial charge in [0.25, 0.3) is 0 Å². The number of oxazole rings is 1. The Morgan fingerprint density at radius 1 is 1.18 bits per heavy atom. The van der Waals surface area contributed by atoms with Gasteiger partial charge in [-0.25, -0.2) is 4.98 Å². The molecule has 1 aromatic carbocycles. The summed E-state index contributed by atoms with van der Waals surface area (Å²) in [5, 5.41) is 15.8. The van der Waals surface area contributed by atoms with E-state index in [2.05, 4.69) is 53.5 Å². The van der Waals surface area contributed by atoms with Gasteiger partial charge < -0.3 is 20.2 Å². The number of aliphatic hydroxyl groups is 1. The molecular weight excluding hydrogens is 352 g/mol. The van der Waals surface area contributed by atoms with Crippen LogP contribution in [0.25, 0.3) is 11.5 Å². The maximum atomic E-state index is 9.20. The summed E-state index contributed by atoms with van der Waals surface area (Å²) in [5.41, 5.74) is 3.13. The SMILES string of the molecule is CCCC(CCO)CN=C(NCC)NCCc1coc(-c2ccc(C)cc2)n1. The molecule has 0 spiro atoms. The highest BCUT2D eigenvalue weighted by atomic mass is 16.3. The molecule has 6 heteroatoms. The third-order valence-electron chi connectivity index (χ3n) is 4.61. The molecule has 28 heavy (non-hydrogen) atoms. The highest BCUT2D eigenvalue weighted by Crippen LogP contribution is 2.19. The Kier molecular flexibility index (Phi) is 9.55. The highest BCUT2D eigenvalue weighted by Gasteiger charge is 2.09. The molecule has 2 rings (SSSR count). The third-order valence-corrected chi connectivity index (χ3v) is 4.61. The van der Waals surface area contributed by atoms with Gasteiger partial charge in [0.2, 0.25) is 5.89 Å². The van der Waals surface area contributed by atoms with E-state index in [0.29, 0.717) is 11.8 Å². The highest BCUT2D eigenvalue weighted by molar-refractivity contribution is 5.79. The molecule has 1 aromatic heterocycles. The summed E-state index contributed by atoms with van der Waals surface area (Å²) in [6, 6.07) is 8.17. The van der Waals surface area contributed by atoms with E-state index in [4.69, 9.17) is 4.42 Å². The minimum Gasteiger partial charge on any atom is -0.444 e. The van der Waals surface area contributed by atoms with E-state index in [1.807, 2.05) is 12.1 Å². The first-order valence-electron chi connectivity index (χ1n) is 10.3. The van der Waals surface area contributed by atoms with Crippen LogP contribution in [-0.4, -0.2) is 42.3 Å². The van der Waals surface area contributed by atoms with Crippen molar-refractivity contribution in [3.05, 3.63) is 41.8 Å². The van der Waals surface area contributed by atoms with Crippen LogP contribution in [0.3, 0.4) is 0 Å². The zero-order chi connectivity index (χ0) is 20.2. The second kappa shape index (κ2) is 12.2. The predicted molar refractivity (Wildman–Crippen MR) is 114 cm³/mol. The molecule has 154 valence electrons. The lowest BCUT2D eigenvalue weighted by atomic mass is 10.0.